The predicted octanol–water partition coefficient (Wildman–Crippen LogP) is 2.13. The monoisotopic (exact) mass is 207 g/mol. The maximum Gasteiger partial charge on any atom is 0.262 e. The lowest BCUT2D eigenvalue weighted by Gasteiger charge is -2.18. The van der Waals surface area contributed by atoms with Crippen LogP contribution in [0, 0.1) is 5.92 Å². The van der Waals surface area contributed by atoms with Gasteiger partial charge in [-0.05, 0) is 25.0 Å². The Morgan fingerprint density at radius 1 is 1.60 bits per heavy atom. The van der Waals surface area contributed by atoms with Gasteiger partial charge in [0.2, 0.25) is 0 Å². The summed E-state index contributed by atoms with van der Waals surface area (Å²) >= 11 is 0. The molecule has 0 atom stereocenters. The molecule has 0 spiro atoms. The topological polar surface area (TPSA) is 38.3 Å². The van der Waals surface area contributed by atoms with Gasteiger partial charge in [-0.3, -0.25) is 4.79 Å². The SMILES string of the molecule is C=CC1=C(/C=C(\C)C(C)C)NC(=O)CO1. The molecule has 15 heavy (non-hydrogen) atoms. The van der Waals surface area contributed by atoms with Gasteiger partial charge in [-0.1, -0.05) is 26.0 Å². The van der Waals surface area contributed by atoms with Crippen LogP contribution in [0.4, 0.5) is 0 Å². The molecule has 0 saturated carbocycles. The molecule has 0 saturated heterocycles. The minimum Gasteiger partial charge on any atom is -0.482 e. The van der Waals surface area contributed by atoms with Crippen molar-refractivity contribution >= 4 is 5.91 Å². The zero-order chi connectivity index (χ0) is 11.4. The summed E-state index contributed by atoms with van der Waals surface area (Å²) in [6.45, 7) is 9.95. The third-order valence-corrected chi connectivity index (χ3v) is 2.37. The third-order valence-electron chi connectivity index (χ3n) is 2.37. The third kappa shape index (κ3) is 2.98. The fraction of sp³-hybridized carbons (Fsp3) is 0.417. The minimum atomic E-state index is -0.122. The molecule has 3 nitrogen and oxygen atoms in total. The van der Waals surface area contributed by atoms with Gasteiger partial charge in [0.15, 0.2) is 6.61 Å². The van der Waals surface area contributed by atoms with Crippen LogP contribution in [0.25, 0.3) is 0 Å². The van der Waals surface area contributed by atoms with Crippen molar-refractivity contribution in [3.05, 3.63) is 35.8 Å². The van der Waals surface area contributed by atoms with E-state index in [0.29, 0.717) is 17.4 Å². The molecule has 0 aromatic rings. The Labute approximate surface area is 90.5 Å². The zero-order valence-corrected chi connectivity index (χ0v) is 9.46. The fourth-order valence-electron chi connectivity index (χ4n) is 1.14. The summed E-state index contributed by atoms with van der Waals surface area (Å²) < 4.78 is 5.24. The normalized spacial score (nSPS) is 17.6. The fourth-order valence-corrected chi connectivity index (χ4v) is 1.14. The first-order valence-electron chi connectivity index (χ1n) is 5.02. The Hall–Kier alpha value is -1.51. The highest BCUT2D eigenvalue weighted by atomic mass is 16.5. The standard InChI is InChI=1S/C12H17NO2/c1-5-11-10(6-9(4)8(2)3)13-12(14)7-15-11/h5-6,8H,1,7H2,2-4H3,(H,13,14)/b9-6+. The Kier molecular flexibility index (Phi) is 3.72. The summed E-state index contributed by atoms with van der Waals surface area (Å²) in [4.78, 5) is 11.2. The van der Waals surface area contributed by atoms with E-state index in [-0.39, 0.29) is 12.5 Å². The van der Waals surface area contributed by atoms with E-state index in [9.17, 15) is 4.79 Å². The van der Waals surface area contributed by atoms with Crippen molar-refractivity contribution in [1.82, 2.24) is 5.32 Å². The lowest BCUT2D eigenvalue weighted by atomic mass is 10.0. The van der Waals surface area contributed by atoms with Gasteiger partial charge in [0, 0.05) is 0 Å². The molecule has 1 heterocycles. The van der Waals surface area contributed by atoms with Crippen molar-refractivity contribution in [2.75, 3.05) is 6.61 Å². The van der Waals surface area contributed by atoms with Gasteiger partial charge in [-0.25, -0.2) is 0 Å². The highest BCUT2D eigenvalue weighted by Crippen LogP contribution is 2.16. The molecule has 82 valence electrons. The van der Waals surface area contributed by atoms with Crippen LogP contribution in [-0.4, -0.2) is 12.5 Å². The van der Waals surface area contributed by atoms with Crippen molar-refractivity contribution in [3.63, 3.8) is 0 Å². The van der Waals surface area contributed by atoms with Crippen molar-refractivity contribution in [3.8, 4) is 0 Å². The number of rotatable bonds is 3. The molecule has 1 N–H and O–H groups in total. The molecule has 0 fully saturated rings. The average Bonchev–Trinajstić information content (AvgIpc) is 2.18. The predicted molar refractivity (Wildman–Crippen MR) is 59.9 cm³/mol. The molecule has 1 aliphatic rings. The number of hydrogen-bond donors (Lipinski definition) is 1. The number of ether oxygens (including phenoxy) is 1. The van der Waals surface area contributed by atoms with Crippen LogP contribution >= 0.6 is 0 Å². The first kappa shape index (κ1) is 11.6. The van der Waals surface area contributed by atoms with E-state index in [4.69, 9.17) is 4.74 Å². The smallest absolute Gasteiger partial charge is 0.262 e. The van der Waals surface area contributed by atoms with Gasteiger partial charge >= 0.3 is 0 Å². The van der Waals surface area contributed by atoms with E-state index in [1.165, 1.54) is 5.57 Å². The van der Waals surface area contributed by atoms with E-state index >= 15 is 0 Å². The molecule has 1 aliphatic heterocycles. The summed E-state index contributed by atoms with van der Waals surface area (Å²) in [6, 6.07) is 0. The van der Waals surface area contributed by atoms with Gasteiger partial charge in [-0.2, -0.15) is 0 Å². The van der Waals surface area contributed by atoms with Crippen LogP contribution in [-0.2, 0) is 9.53 Å². The molecular weight excluding hydrogens is 190 g/mol. The molecular formula is C12H17NO2. The van der Waals surface area contributed by atoms with Crippen molar-refractivity contribution in [1.29, 1.82) is 0 Å². The van der Waals surface area contributed by atoms with E-state index in [0.717, 1.165) is 0 Å². The molecule has 1 amide bonds. The van der Waals surface area contributed by atoms with Gasteiger partial charge < -0.3 is 10.1 Å². The van der Waals surface area contributed by atoms with Crippen LogP contribution in [0.5, 0.6) is 0 Å². The van der Waals surface area contributed by atoms with Gasteiger partial charge in [0.05, 0.1) is 5.70 Å². The van der Waals surface area contributed by atoms with Crippen LogP contribution in [0.2, 0.25) is 0 Å². The Morgan fingerprint density at radius 2 is 2.27 bits per heavy atom. The molecule has 0 aromatic heterocycles. The highest BCUT2D eigenvalue weighted by Gasteiger charge is 2.15. The number of carbonyl (C=O) groups excluding carboxylic acids is 1. The lowest BCUT2D eigenvalue weighted by molar-refractivity contribution is -0.124. The second-order valence-electron chi connectivity index (χ2n) is 3.86. The average molecular weight is 207 g/mol. The zero-order valence-electron chi connectivity index (χ0n) is 9.46. The molecule has 0 radical (unpaired) electrons. The van der Waals surface area contributed by atoms with E-state index in [1.807, 2.05) is 13.0 Å². The first-order valence-corrected chi connectivity index (χ1v) is 5.02. The molecule has 0 aliphatic carbocycles. The Balaban J connectivity index is 2.98. The van der Waals surface area contributed by atoms with E-state index in [1.54, 1.807) is 6.08 Å². The number of amides is 1. The first-order chi connectivity index (χ1) is 7.04. The number of carbonyl (C=O) groups is 1. The Morgan fingerprint density at radius 3 is 2.80 bits per heavy atom. The summed E-state index contributed by atoms with van der Waals surface area (Å²) in [5, 5.41) is 2.77. The van der Waals surface area contributed by atoms with Gasteiger partial charge in [-0.15, -0.1) is 0 Å². The quantitative estimate of drug-likeness (QED) is 0.770. The summed E-state index contributed by atoms with van der Waals surface area (Å²) in [7, 11) is 0. The lowest BCUT2D eigenvalue weighted by Crippen LogP contribution is -2.32. The second-order valence-corrected chi connectivity index (χ2v) is 3.86. The molecule has 0 unspecified atom stereocenters. The number of hydrogen-bond acceptors (Lipinski definition) is 2. The molecule has 0 bridgehead atoms. The van der Waals surface area contributed by atoms with Crippen LogP contribution in [0.1, 0.15) is 20.8 Å². The van der Waals surface area contributed by atoms with Crippen LogP contribution in [0.3, 0.4) is 0 Å². The van der Waals surface area contributed by atoms with E-state index in [2.05, 4.69) is 25.7 Å². The molecule has 1 rings (SSSR count). The van der Waals surface area contributed by atoms with Gasteiger partial charge in [0.25, 0.3) is 5.91 Å². The van der Waals surface area contributed by atoms with Crippen LogP contribution in [0.15, 0.2) is 35.8 Å². The van der Waals surface area contributed by atoms with Crippen molar-refractivity contribution in [2.24, 2.45) is 5.92 Å². The minimum absolute atomic E-state index is 0.0689. The van der Waals surface area contributed by atoms with Crippen molar-refractivity contribution in [2.45, 2.75) is 20.8 Å². The number of allylic oxidation sites excluding steroid dienone is 3. The maximum absolute atomic E-state index is 11.2. The summed E-state index contributed by atoms with van der Waals surface area (Å²) in [5.74, 6) is 0.959. The second kappa shape index (κ2) is 4.82. The molecule has 3 heteroatoms. The number of nitrogens with one attached hydrogen (secondary N) is 1. The summed E-state index contributed by atoms with van der Waals surface area (Å²) in [6.07, 6.45) is 3.54. The molecule has 0 aromatic carbocycles. The van der Waals surface area contributed by atoms with Crippen LogP contribution < -0.4 is 5.32 Å². The van der Waals surface area contributed by atoms with Crippen molar-refractivity contribution < 1.29 is 9.53 Å². The van der Waals surface area contributed by atoms with Gasteiger partial charge in [0.1, 0.15) is 5.76 Å². The summed E-state index contributed by atoms with van der Waals surface area (Å²) in [5.41, 5.74) is 1.89. The largest absolute Gasteiger partial charge is 0.482 e. The Bertz CT molecular complexity index is 338. The highest BCUT2D eigenvalue weighted by molar-refractivity contribution is 5.81. The van der Waals surface area contributed by atoms with E-state index < -0.39 is 0 Å². The maximum atomic E-state index is 11.2.